The second-order valence-corrected chi connectivity index (χ2v) is 4.83. The first-order chi connectivity index (χ1) is 9.41. The van der Waals surface area contributed by atoms with E-state index in [2.05, 4.69) is 6.92 Å². The van der Waals surface area contributed by atoms with E-state index < -0.39 is 0 Å². The van der Waals surface area contributed by atoms with Gasteiger partial charge in [0.2, 0.25) is 0 Å². The molecule has 0 bridgehead atoms. The Morgan fingerprint density at radius 3 is 2.16 bits per heavy atom. The van der Waals surface area contributed by atoms with E-state index in [1.54, 1.807) is 0 Å². The van der Waals surface area contributed by atoms with Gasteiger partial charge in [-0.25, -0.2) is 0 Å². The minimum atomic E-state index is 0.221. The predicted molar refractivity (Wildman–Crippen MR) is 80.2 cm³/mol. The van der Waals surface area contributed by atoms with Crippen molar-refractivity contribution in [3.63, 3.8) is 0 Å². The maximum Gasteiger partial charge on any atom is 0.146 e. The predicted octanol–water partition coefficient (Wildman–Crippen LogP) is 4.06. The van der Waals surface area contributed by atoms with Crippen LogP contribution in [0, 0.1) is 0 Å². The molecule has 0 atom stereocenters. The zero-order valence-electron chi connectivity index (χ0n) is 12.6. The zero-order chi connectivity index (χ0) is 14.0. The zero-order valence-corrected chi connectivity index (χ0v) is 12.6. The molecule has 0 aliphatic carbocycles. The topological polar surface area (TPSA) is 38.7 Å². The smallest absolute Gasteiger partial charge is 0.146 e. The molecule has 0 fully saturated rings. The average Bonchev–Trinajstić information content (AvgIpc) is 2.43. The lowest BCUT2D eigenvalue weighted by Gasteiger charge is -2.05. The number of aliphatic hydroxyl groups excluding tert-OH is 1. The summed E-state index contributed by atoms with van der Waals surface area (Å²) in [6, 6.07) is 0. The van der Waals surface area contributed by atoms with Gasteiger partial charge in [0.25, 0.3) is 0 Å². The summed E-state index contributed by atoms with van der Waals surface area (Å²) in [5.74, 6) is 0. The summed E-state index contributed by atoms with van der Waals surface area (Å²) in [4.78, 5) is 0. The number of aliphatic hydroxyl groups is 1. The Hall–Kier alpha value is -0.380. The van der Waals surface area contributed by atoms with Crippen molar-refractivity contribution in [2.24, 2.45) is 0 Å². The summed E-state index contributed by atoms with van der Waals surface area (Å²) < 4.78 is 10.7. The fourth-order valence-electron chi connectivity index (χ4n) is 1.80. The maximum absolute atomic E-state index is 8.57. The van der Waals surface area contributed by atoms with Gasteiger partial charge in [0.15, 0.2) is 0 Å². The van der Waals surface area contributed by atoms with Gasteiger partial charge in [0, 0.05) is 13.2 Å². The Labute approximate surface area is 119 Å². The summed E-state index contributed by atoms with van der Waals surface area (Å²) in [5, 5.41) is 8.57. The summed E-state index contributed by atoms with van der Waals surface area (Å²) in [6.07, 6.45) is 14.8. The molecular formula is C16H32O3. The molecule has 1 N–H and O–H groups in total. The minimum Gasteiger partial charge on any atom is -0.396 e. The SMILES string of the molecule is CCCCCCCCCOCOCC/C=C/CCO. The van der Waals surface area contributed by atoms with Crippen molar-refractivity contribution >= 4 is 0 Å². The molecule has 3 heteroatoms. The Morgan fingerprint density at radius 1 is 0.789 bits per heavy atom. The first-order valence-corrected chi connectivity index (χ1v) is 7.83. The fourth-order valence-corrected chi connectivity index (χ4v) is 1.80. The van der Waals surface area contributed by atoms with Crippen molar-refractivity contribution in [2.75, 3.05) is 26.6 Å². The van der Waals surface area contributed by atoms with E-state index in [1.807, 2.05) is 12.2 Å². The second-order valence-electron chi connectivity index (χ2n) is 4.83. The third-order valence-corrected chi connectivity index (χ3v) is 2.95. The number of unbranched alkanes of at least 4 members (excludes halogenated alkanes) is 6. The van der Waals surface area contributed by atoms with E-state index >= 15 is 0 Å². The van der Waals surface area contributed by atoms with Gasteiger partial charge in [-0.05, 0) is 19.3 Å². The molecule has 0 spiro atoms. The van der Waals surface area contributed by atoms with Crippen LogP contribution in [-0.2, 0) is 9.47 Å². The Bertz CT molecular complexity index is 181. The quantitative estimate of drug-likeness (QED) is 0.277. The molecule has 0 saturated heterocycles. The monoisotopic (exact) mass is 272 g/mol. The molecule has 0 aromatic rings. The number of hydrogen-bond donors (Lipinski definition) is 1. The van der Waals surface area contributed by atoms with Crippen LogP contribution in [0.15, 0.2) is 12.2 Å². The maximum atomic E-state index is 8.57. The molecule has 0 saturated carbocycles. The van der Waals surface area contributed by atoms with E-state index in [1.165, 1.54) is 38.5 Å². The van der Waals surface area contributed by atoms with E-state index in [0.717, 1.165) is 25.9 Å². The molecule has 0 unspecified atom stereocenters. The molecule has 0 radical (unpaired) electrons. The van der Waals surface area contributed by atoms with Crippen molar-refractivity contribution in [3.05, 3.63) is 12.2 Å². The van der Waals surface area contributed by atoms with E-state index in [0.29, 0.717) is 13.4 Å². The molecule has 0 heterocycles. The lowest BCUT2D eigenvalue weighted by molar-refractivity contribution is -0.0531. The lowest BCUT2D eigenvalue weighted by atomic mass is 10.1. The molecule has 0 aromatic heterocycles. The Morgan fingerprint density at radius 2 is 1.42 bits per heavy atom. The van der Waals surface area contributed by atoms with Gasteiger partial charge in [-0.15, -0.1) is 0 Å². The van der Waals surface area contributed by atoms with Gasteiger partial charge in [-0.3, -0.25) is 0 Å². The van der Waals surface area contributed by atoms with Crippen LogP contribution in [0.3, 0.4) is 0 Å². The Balaban J connectivity index is 2.95. The van der Waals surface area contributed by atoms with Gasteiger partial charge in [0.1, 0.15) is 6.79 Å². The van der Waals surface area contributed by atoms with Crippen molar-refractivity contribution in [3.8, 4) is 0 Å². The molecule has 3 nitrogen and oxygen atoms in total. The van der Waals surface area contributed by atoms with Gasteiger partial charge < -0.3 is 14.6 Å². The highest BCUT2D eigenvalue weighted by atomic mass is 16.7. The van der Waals surface area contributed by atoms with Gasteiger partial charge in [-0.1, -0.05) is 57.6 Å². The van der Waals surface area contributed by atoms with E-state index in [9.17, 15) is 0 Å². The second kappa shape index (κ2) is 17.6. The molecular weight excluding hydrogens is 240 g/mol. The van der Waals surface area contributed by atoms with Crippen LogP contribution in [0.2, 0.25) is 0 Å². The van der Waals surface area contributed by atoms with Crippen LogP contribution in [0.25, 0.3) is 0 Å². The first kappa shape index (κ1) is 18.6. The van der Waals surface area contributed by atoms with Crippen LogP contribution in [-0.4, -0.2) is 31.7 Å². The van der Waals surface area contributed by atoms with Crippen LogP contribution >= 0.6 is 0 Å². The molecule has 114 valence electrons. The summed E-state index contributed by atoms with van der Waals surface area (Å²) >= 11 is 0. The summed E-state index contributed by atoms with van der Waals surface area (Å²) in [7, 11) is 0. The summed E-state index contributed by atoms with van der Waals surface area (Å²) in [5.41, 5.74) is 0. The van der Waals surface area contributed by atoms with Crippen LogP contribution in [0.4, 0.5) is 0 Å². The number of hydrogen-bond acceptors (Lipinski definition) is 3. The molecule has 0 amide bonds. The average molecular weight is 272 g/mol. The molecule has 0 rings (SSSR count). The van der Waals surface area contributed by atoms with Gasteiger partial charge >= 0.3 is 0 Å². The van der Waals surface area contributed by atoms with Gasteiger partial charge in [0.05, 0.1) is 6.61 Å². The van der Waals surface area contributed by atoms with E-state index in [-0.39, 0.29) is 6.61 Å². The van der Waals surface area contributed by atoms with Crippen LogP contribution < -0.4 is 0 Å². The third kappa shape index (κ3) is 17.6. The van der Waals surface area contributed by atoms with Crippen molar-refractivity contribution in [2.45, 2.75) is 64.7 Å². The standard InChI is InChI=1S/C16H32O3/c1-2-3-4-5-6-8-11-14-18-16-19-15-12-9-7-10-13-17/h7,9,17H,2-6,8,10-16H2,1H3/b9-7+. The van der Waals surface area contributed by atoms with Crippen molar-refractivity contribution in [1.29, 1.82) is 0 Å². The largest absolute Gasteiger partial charge is 0.396 e. The molecule has 0 aliphatic heterocycles. The highest BCUT2D eigenvalue weighted by Crippen LogP contribution is 2.06. The fraction of sp³-hybridized carbons (Fsp3) is 0.875. The summed E-state index contributed by atoms with van der Waals surface area (Å²) in [6.45, 7) is 4.38. The van der Waals surface area contributed by atoms with Crippen molar-refractivity contribution < 1.29 is 14.6 Å². The van der Waals surface area contributed by atoms with Crippen LogP contribution in [0.1, 0.15) is 64.7 Å². The Kier molecular flexibility index (Phi) is 17.3. The highest BCUT2D eigenvalue weighted by molar-refractivity contribution is 4.80. The number of ether oxygens (including phenoxy) is 2. The van der Waals surface area contributed by atoms with E-state index in [4.69, 9.17) is 14.6 Å². The van der Waals surface area contributed by atoms with Crippen molar-refractivity contribution in [1.82, 2.24) is 0 Å². The number of rotatable bonds is 15. The first-order valence-electron chi connectivity index (χ1n) is 7.83. The lowest BCUT2D eigenvalue weighted by Crippen LogP contribution is -2.02. The third-order valence-electron chi connectivity index (χ3n) is 2.95. The normalized spacial score (nSPS) is 11.5. The molecule has 0 aromatic carbocycles. The van der Waals surface area contributed by atoms with Crippen LogP contribution in [0.5, 0.6) is 0 Å². The molecule has 0 aliphatic rings. The van der Waals surface area contributed by atoms with Gasteiger partial charge in [-0.2, -0.15) is 0 Å². The highest BCUT2D eigenvalue weighted by Gasteiger charge is 1.92. The minimum absolute atomic E-state index is 0.221. The molecule has 19 heavy (non-hydrogen) atoms.